The Morgan fingerprint density at radius 1 is 0.667 bits per heavy atom. The van der Waals surface area contributed by atoms with Crippen LogP contribution in [0.2, 0.25) is 0 Å². The average Bonchev–Trinajstić information content (AvgIpc) is 3.00. The van der Waals surface area contributed by atoms with E-state index in [0.717, 1.165) is 0 Å². The molecule has 0 bridgehead atoms. The summed E-state index contributed by atoms with van der Waals surface area (Å²) in [5.74, 6) is 0. The first kappa shape index (κ1) is 19.0. The number of hydrogen-bond donors (Lipinski definition) is 0. The van der Waals surface area contributed by atoms with Gasteiger partial charge in [-0.2, -0.15) is 0 Å². The van der Waals surface area contributed by atoms with E-state index in [9.17, 15) is 0 Å². The largest absolute Gasteiger partial charge is 0.326 e. The second-order valence-corrected chi connectivity index (χ2v) is 8.16. The molecule has 0 aromatic carbocycles. The van der Waals surface area contributed by atoms with E-state index >= 15 is 0 Å². The Balaban J connectivity index is 2.63. The molecule has 1 aliphatic carbocycles. The summed E-state index contributed by atoms with van der Waals surface area (Å²) >= 11 is 0. The summed E-state index contributed by atoms with van der Waals surface area (Å²) in [6.07, 6.45) is 8.85. The summed E-state index contributed by atoms with van der Waals surface area (Å²) < 4.78 is 2.52. The molecule has 0 N–H and O–H groups in total. The van der Waals surface area contributed by atoms with E-state index in [-0.39, 0.29) is 0 Å². The minimum atomic E-state index is 0.674. The quantitative estimate of drug-likeness (QED) is 0.528. The van der Waals surface area contributed by atoms with Crippen LogP contribution in [0.25, 0.3) is 0 Å². The van der Waals surface area contributed by atoms with Gasteiger partial charge in [0.05, 0.1) is 53.4 Å². The molecule has 0 aromatic heterocycles. The molecule has 0 aliphatic heterocycles. The van der Waals surface area contributed by atoms with Crippen LogP contribution >= 0.6 is 0 Å². The van der Waals surface area contributed by atoms with Crippen LogP contribution in [0.15, 0.2) is 0 Å². The highest BCUT2D eigenvalue weighted by Crippen LogP contribution is 2.44. The van der Waals surface area contributed by atoms with Crippen molar-refractivity contribution in [2.24, 2.45) is 5.41 Å². The van der Waals surface area contributed by atoms with Gasteiger partial charge in [-0.25, -0.2) is 0 Å². The molecule has 1 fully saturated rings. The molecule has 2 heteroatoms. The SMILES string of the molecule is CC[N+](C)(CC)CCC1(CC[N+](C)(CC)CC)CCCC1. The second-order valence-electron chi connectivity index (χ2n) is 8.16. The number of quaternary nitrogens is 2. The van der Waals surface area contributed by atoms with Crippen molar-refractivity contribution in [3.05, 3.63) is 0 Å². The van der Waals surface area contributed by atoms with Crippen LogP contribution in [-0.4, -0.2) is 62.3 Å². The highest BCUT2D eigenvalue weighted by molar-refractivity contribution is 4.84. The molecule has 1 saturated carbocycles. The van der Waals surface area contributed by atoms with Crippen LogP contribution in [0.4, 0.5) is 0 Å². The van der Waals surface area contributed by atoms with Gasteiger partial charge in [0.1, 0.15) is 0 Å². The molecule has 1 rings (SSSR count). The lowest BCUT2D eigenvalue weighted by atomic mass is 9.78. The summed E-state index contributed by atoms with van der Waals surface area (Å²) in [5, 5.41) is 0. The fourth-order valence-electron chi connectivity index (χ4n) is 3.84. The smallest absolute Gasteiger partial charge is 0.0789 e. The van der Waals surface area contributed by atoms with E-state index in [1.807, 2.05) is 0 Å². The molecule has 0 aromatic rings. The first-order chi connectivity index (χ1) is 9.86. The van der Waals surface area contributed by atoms with Crippen LogP contribution < -0.4 is 0 Å². The minimum Gasteiger partial charge on any atom is -0.326 e. The van der Waals surface area contributed by atoms with Crippen LogP contribution in [-0.2, 0) is 0 Å². The Kier molecular flexibility index (Phi) is 7.19. The normalized spacial score (nSPS) is 19.1. The van der Waals surface area contributed by atoms with Gasteiger partial charge in [0, 0.05) is 12.8 Å². The van der Waals surface area contributed by atoms with Crippen LogP contribution in [0.3, 0.4) is 0 Å². The van der Waals surface area contributed by atoms with Crippen molar-refractivity contribution in [1.29, 1.82) is 0 Å². The summed E-state index contributed by atoms with van der Waals surface area (Å²) in [4.78, 5) is 0. The predicted molar refractivity (Wildman–Crippen MR) is 94.4 cm³/mol. The lowest BCUT2D eigenvalue weighted by Gasteiger charge is -2.40. The maximum Gasteiger partial charge on any atom is 0.0789 e. The van der Waals surface area contributed by atoms with Crippen LogP contribution in [0.5, 0.6) is 0 Å². The van der Waals surface area contributed by atoms with Gasteiger partial charge < -0.3 is 8.97 Å². The van der Waals surface area contributed by atoms with E-state index in [1.54, 1.807) is 0 Å². The predicted octanol–water partition coefficient (Wildman–Crippen LogP) is 4.30. The molecule has 0 atom stereocenters. The van der Waals surface area contributed by atoms with E-state index < -0.39 is 0 Å². The number of nitrogens with zero attached hydrogens (tertiary/aromatic N) is 2. The Labute approximate surface area is 134 Å². The lowest BCUT2D eigenvalue weighted by Crippen LogP contribution is -2.48. The first-order valence-electron chi connectivity index (χ1n) is 9.53. The fraction of sp³-hybridized carbons (Fsp3) is 1.00. The van der Waals surface area contributed by atoms with Gasteiger partial charge in [-0.15, -0.1) is 0 Å². The second kappa shape index (κ2) is 7.97. The third-order valence-electron chi connectivity index (χ3n) is 7.08. The van der Waals surface area contributed by atoms with Crippen molar-refractivity contribution in [2.75, 3.05) is 53.4 Å². The van der Waals surface area contributed by atoms with Gasteiger partial charge in [0.15, 0.2) is 0 Å². The van der Waals surface area contributed by atoms with Gasteiger partial charge in [-0.1, -0.05) is 12.8 Å². The molecule has 0 radical (unpaired) electrons. The maximum absolute atomic E-state index is 2.45. The van der Waals surface area contributed by atoms with E-state index in [2.05, 4.69) is 41.8 Å². The molecular formula is C19H42N2+2. The zero-order chi connectivity index (χ0) is 16.0. The Morgan fingerprint density at radius 2 is 1.00 bits per heavy atom. The monoisotopic (exact) mass is 298 g/mol. The summed E-state index contributed by atoms with van der Waals surface area (Å²) in [7, 11) is 4.89. The summed E-state index contributed by atoms with van der Waals surface area (Å²) in [6.45, 7) is 17.3. The highest BCUT2D eigenvalue weighted by atomic mass is 15.3. The molecule has 0 spiro atoms. The molecule has 21 heavy (non-hydrogen) atoms. The van der Waals surface area contributed by atoms with Crippen molar-refractivity contribution in [2.45, 2.75) is 66.2 Å². The van der Waals surface area contributed by atoms with E-state index in [0.29, 0.717) is 5.41 Å². The Hall–Kier alpha value is -0.0800. The van der Waals surface area contributed by atoms with Crippen molar-refractivity contribution >= 4 is 0 Å². The standard InChI is InChI=1S/C19H42N2/c1-7-20(5,8-2)17-15-19(13-11-12-14-19)16-18-21(6,9-3)10-4/h7-18H2,1-6H3/q+2. The van der Waals surface area contributed by atoms with Crippen molar-refractivity contribution in [3.8, 4) is 0 Å². The zero-order valence-corrected chi connectivity index (χ0v) is 15.9. The number of hydrogen-bond acceptors (Lipinski definition) is 0. The van der Waals surface area contributed by atoms with Crippen LogP contribution in [0.1, 0.15) is 66.2 Å². The third kappa shape index (κ3) is 5.25. The van der Waals surface area contributed by atoms with Gasteiger partial charge in [0.25, 0.3) is 0 Å². The van der Waals surface area contributed by atoms with E-state index in [1.165, 1.54) is 86.8 Å². The summed E-state index contributed by atoms with van der Waals surface area (Å²) in [5.41, 5.74) is 0.674. The molecule has 0 amide bonds. The Morgan fingerprint density at radius 3 is 1.29 bits per heavy atom. The zero-order valence-electron chi connectivity index (χ0n) is 15.9. The highest BCUT2D eigenvalue weighted by Gasteiger charge is 2.37. The Bertz CT molecular complexity index is 260. The van der Waals surface area contributed by atoms with E-state index in [4.69, 9.17) is 0 Å². The van der Waals surface area contributed by atoms with Gasteiger partial charge in [0.2, 0.25) is 0 Å². The van der Waals surface area contributed by atoms with Crippen LogP contribution in [0, 0.1) is 5.41 Å². The van der Waals surface area contributed by atoms with Gasteiger partial charge >= 0.3 is 0 Å². The fourth-order valence-corrected chi connectivity index (χ4v) is 3.84. The molecular weight excluding hydrogens is 256 g/mol. The van der Waals surface area contributed by atoms with Gasteiger partial charge in [-0.05, 0) is 46.0 Å². The molecule has 2 nitrogen and oxygen atoms in total. The minimum absolute atomic E-state index is 0.674. The molecule has 1 aliphatic rings. The third-order valence-corrected chi connectivity index (χ3v) is 7.08. The molecule has 126 valence electrons. The topological polar surface area (TPSA) is 0 Å². The van der Waals surface area contributed by atoms with Gasteiger partial charge in [-0.3, -0.25) is 0 Å². The molecule has 0 heterocycles. The molecule has 0 saturated heterocycles. The number of rotatable bonds is 10. The first-order valence-corrected chi connectivity index (χ1v) is 9.53. The van der Waals surface area contributed by atoms with Crippen molar-refractivity contribution in [1.82, 2.24) is 0 Å². The average molecular weight is 299 g/mol. The van der Waals surface area contributed by atoms with Crippen molar-refractivity contribution < 1.29 is 8.97 Å². The molecule has 0 unspecified atom stereocenters. The summed E-state index contributed by atoms with van der Waals surface area (Å²) in [6, 6.07) is 0. The maximum atomic E-state index is 2.45. The van der Waals surface area contributed by atoms with Crippen molar-refractivity contribution in [3.63, 3.8) is 0 Å². The lowest BCUT2D eigenvalue weighted by molar-refractivity contribution is -0.909.